The van der Waals surface area contributed by atoms with Gasteiger partial charge in [0.2, 0.25) is 11.7 Å². The van der Waals surface area contributed by atoms with E-state index in [2.05, 4.69) is 15.4 Å². The van der Waals surface area contributed by atoms with Crippen LogP contribution in [0.3, 0.4) is 0 Å². The van der Waals surface area contributed by atoms with Gasteiger partial charge in [-0.25, -0.2) is 4.98 Å². The van der Waals surface area contributed by atoms with Crippen molar-refractivity contribution in [2.45, 2.75) is 39.3 Å². The summed E-state index contributed by atoms with van der Waals surface area (Å²) in [5.74, 6) is 0.166. The Labute approximate surface area is 175 Å². The molecule has 0 saturated carbocycles. The number of hydrogen-bond donors (Lipinski definition) is 1. The maximum Gasteiger partial charge on any atom is 0.311 e. The quantitative estimate of drug-likeness (QED) is 0.493. The molecule has 1 aliphatic heterocycles. The van der Waals surface area contributed by atoms with Crippen LogP contribution < -0.4 is 5.32 Å². The van der Waals surface area contributed by atoms with Crippen LogP contribution in [-0.2, 0) is 9.53 Å². The number of nitrogens with one attached hydrogen (secondary N) is 1. The van der Waals surface area contributed by atoms with Gasteiger partial charge < -0.3 is 15.0 Å². The van der Waals surface area contributed by atoms with Crippen molar-refractivity contribution in [3.05, 3.63) is 45.9 Å². The average Bonchev–Trinajstić information content (AvgIpc) is 3.29. The number of anilines is 1. The van der Waals surface area contributed by atoms with Gasteiger partial charge in [-0.15, -0.1) is 0 Å². The molecule has 2 aromatic rings. The second-order valence-corrected chi connectivity index (χ2v) is 7.85. The van der Waals surface area contributed by atoms with Gasteiger partial charge >= 0.3 is 5.69 Å². The van der Waals surface area contributed by atoms with Crippen molar-refractivity contribution in [1.29, 1.82) is 0 Å². The standard InChI is InChI=1S/C20H28N6O4/c1-13(2)25-12-16(11-23-25)19-15(8-18(27)24(19)5-6-30-4)10-22-20-17(26(28)29)7-14(3)9-21-20/h7,9,11-13,15,19H,5-6,8,10H2,1-4H3,(H,21,22)/t15-,19+/m0/s1. The third-order valence-electron chi connectivity index (χ3n) is 5.30. The molecule has 10 nitrogen and oxygen atoms in total. The van der Waals surface area contributed by atoms with Crippen molar-refractivity contribution in [3.8, 4) is 0 Å². The second-order valence-electron chi connectivity index (χ2n) is 7.85. The Morgan fingerprint density at radius 3 is 2.80 bits per heavy atom. The summed E-state index contributed by atoms with van der Waals surface area (Å²) in [6.07, 6.45) is 5.69. The largest absolute Gasteiger partial charge is 0.383 e. The minimum Gasteiger partial charge on any atom is -0.383 e. The molecule has 1 N–H and O–H groups in total. The molecule has 0 spiro atoms. The average molecular weight is 416 g/mol. The number of amides is 1. The number of aromatic nitrogens is 3. The van der Waals surface area contributed by atoms with E-state index in [1.54, 1.807) is 26.4 Å². The maximum absolute atomic E-state index is 12.7. The van der Waals surface area contributed by atoms with Gasteiger partial charge in [-0.3, -0.25) is 19.6 Å². The fourth-order valence-electron chi connectivity index (χ4n) is 3.80. The van der Waals surface area contributed by atoms with E-state index in [0.29, 0.717) is 31.7 Å². The SMILES string of the molecule is COCCN1C(=O)C[C@@H](CNc2ncc(C)cc2[N+](=O)[O-])[C@@H]1c1cnn(C(C)C)c1. The van der Waals surface area contributed by atoms with E-state index in [-0.39, 0.29) is 35.4 Å². The highest BCUT2D eigenvalue weighted by atomic mass is 16.6. The zero-order chi connectivity index (χ0) is 21.8. The summed E-state index contributed by atoms with van der Waals surface area (Å²) in [7, 11) is 1.60. The third-order valence-corrected chi connectivity index (χ3v) is 5.30. The highest BCUT2D eigenvalue weighted by Gasteiger charge is 2.41. The van der Waals surface area contributed by atoms with Crippen LogP contribution in [0.4, 0.5) is 11.5 Å². The van der Waals surface area contributed by atoms with Crippen molar-refractivity contribution in [1.82, 2.24) is 19.7 Å². The molecule has 3 rings (SSSR count). The van der Waals surface area contributed by atoms with E-state index in [1.807, 2.05) is 29.6 Å². The molecular formula is C20H28N6O4. The summed E-state index contributed by atoms with van der Waals surface area (Å²) < 4.78 is 7.05. The first-order valence-corrected chi connectivity index (χ1v) is 9.99. The number of aryl methyl sites for hydroxylation is 1. The molecule has 30 heavy (non-hydrogen) atoms. The molecule has 3 heterocycles. The predicted octanol–water partition coefficient (Wildman–Crippen LogP) is 2.72. The molecule has 0 bridgehead atoms. The van der Waals surface area contributed by atoms with Crippen LogP contribution in [0.2, 0.25) is 0 Å². The highest BCUT2D eigenvalue weighted by Crippen LogP contribution is 2.38. The Hall–Kier alpha value is -3.01. The van der Waals surface area contributed by atoms with Gasteiger partial charge in [0.25, 0.3) is 0 Å². The van der Waals surface area contributed by atoms with E-state index in [4.69, 9.17) is 4.74 Å². The molecular weight excluding hydrogens is 388 g/mol. The number of nitrogens with zero attached hydrogens (tertiary/aromatic N) is 5. The van der Waals surface area contributed by atoms with Gasteiger partial charge in [-0.1, -0.05) is 0 Å². The fourth-order valence-corrected chi connectivity index (χ4v) is 3.80. The molecule has 2 aromatic heterocycles. The molecule has 1 fully saturated rings. The first kappa shape index (κ1) is 21.7. The zero-order valence-corrected chi connectivity index (χ0v) is 17.7. The Morgan fingerprint density at radius 2 is 2.17 bits per heavy atom. The lowest BCUT2D eigenvalue weighted by Crippen LogP contribution is -2.33. The third kappa shape index (κ3) is 4.59. The first-order valence-electron chi connectivity index (χ1n) is 9.99. The van der Waals surface area contributed by atoms with Gasteiger partial charge in [-0.2, -0.15) is 5.10 Å². The minimum absolute atomic E-state index is 0.0347. The lowest BCUT2D eigenvalue weighted by atomic mass is 9.95. The van der Waals surface area contributed by atoms with E-state index in [0.717, 1.165) is 5.56 Å². The summed E-state index contributed by atoms with van der Waals surface area (Å²) >= 11 is 0. The summed E-state index contributed by atoms with van der Waals surface area (Å²) in [5, 5.41) is 18.9. The fraction of sp³-hybridized carbons (Fsp3) is 0.550. The number of ether oxygens (including phenoxy) is 1. The van der Waals surface area contributed by atoms with E-state index >= 15 is 0 Å². The molecule has 1 amide bonds. The zero-order valence-electron chi connectivity index (χ0n) is 17.7. The molecule has 0 unspecified atom stereocenters. The van der Waals surface area contributed by atoms with Crippen molar-refractivity contribution < 1.29 is 14.5 Å². The molecule has 1 saturated heterocycles. The van der Waals surface area contributed by atoms with Crippen molar-refractivity contribution in [2.24, 2.45) is 5.92 Å². The Kier molecular flexibility index (Phi) is 6.66. The first-order chi connectivity index (χ1) is 14.3. The van der Waals surface area contributed by atoms with Gasteiger partial charge in [0.1, 0.15) is 0 Å². The number of carbonyl (C=O) groups is 1. The number of hydrogen-bond acceptors (Lipinski definition) is 7. The monoisotopic (exact) mass is 416 g/mol. The van der Waals surface area contributed by atoms with Crippen molar-refractivity contribution in [2.75, 3.05) is 32.1 Å². The summed E-state index contributed by atoms with van der Waals surface area (Å²) in [4.78, 5) is 29.7. The Bertz CT molecular complexity index is 912. The summed E-state index contributed by atoms with van der Waals surface area (Å²) in [5.41, 5.74) is 1.59. The van der Waals surface area contributed by atoms with Crippen LogP contribution in [-0.4, -0.2) is 57.3 Å². The molecule has 0 radical (unpaired) electrons. The molecule has 1 aliphatic rings. The number of likely N-dealkylation sites (tertiary alicyclic amines) is 1. The number of rotatable bonds is 9. The van der Waals surface area contributed by atoms with Crippen LogP contribution in [0.15, 0.2) is 24.7 Å². The topological polar surface area (TPSA) is 115 Å². The van der Waals surface area contributed by atoms with Crippen LogP contribution in [0.25, 0.3) is 0 Å². The van der Waals surface area contributed by atoms with Crippen molar-refractivity contribution >= 4 is 17.4 Å². The number of pyridine rings is 1. The number of nitro groups is 1. The van der Waals surface area contributed by atoms with Crippen LogP contribution in [0.5, 0.6) is 0 Å². The van der Waals surface area contributed by atoms with E-state index in [9.17, 15) is 14.9 Å². The molecule has 2 atom stereocenters. The minimum atomic E-state index is -0.447. The summed E-state index contributed by atoms with van der Waals surface area (Å²) in [6.45, 7) is 7.14. The lowest BCUT2D eigenvalue weighted by molar-refractivity contribution is -0.384. The normalized spacial score (nSPS) is 19.0. The molecule has 0 aromatic carbocycles. The van der Waals surface area contributed by atoms with Gasteiger partial charge in [0, 0.05) is 62.6 Å². The second kappa shape index (κ2) is 9.21. The molecule has 162 valence electrons. The molecule has 0 aliphatic carbocycles. The molecule has 10 heteroatoms. The maximum atomic E-state index is 12.7. The van der Waals surface area contributed by atoms with Crippen LogP contribution in [0, 0.1) is 23.0 Å². The van der Waals surface area contributed by atoms with E-state index in [1.165, 1.54) is 6.07 Å². The van der Waals surface area contributed by atoms with Crippen LogP contribution in [0.1, 0.15) is 43.5 Å². The van der Waals surface area contributed by atoms with Gasteiger partial charge in [0.15, 0.2) is 0 Å². The van der Waals surface area contributed by atoms with E-state index < -0.39 is 4.92 Å². The van der Waals surface area contributed by atoms with Gasteiger partial charge in [-0.05, 0) is 26.3 Å². The predicted molar refractivity (Wildman–Crippen MR) is 111 cm³/mol. The highest BCUT2D eigenvalue weighted by molar-refractivity contribution is 5.80. The number of carbonyl (C=O) groups excluding carboxylic acids is 1. The Balaban J connectivity index is 1.84. The van der Waals surface area contributed by atoms with Gasteiger partial charge in [0.05, 0.1) is 23.8 Å². The van der Waals surface area contributed by atoms with Crippen LogP contribution >= 0.6 is 0 Å². The number of methoxy groups -OCH3 is 1. The van der Waals surface area contributed by atoms with Crippen molar-refractivity contribution in [3.63, 3.8) is 0 Å². The lowest BCUT2D eigenvalue weighted by Gasteiger charge is -2.27. The Morgan fingerprint density at radius 1 is 1.40 bits per heavy atom. The smallest absolute Gasteiger partial charge is 0.311 e. The summed E-state index contributed by atoms with van der Waals surface area (Å²) in [6, 6.07) is 1.51.